The Balaban J connectivity index is 1.40. The Bertz CT molecular complexity index is 986. The van der Waals surface area contributed by atoms with Crippen LogP contribution < -0.4 is 5.32 Å². The van der Waals surface area contributed by atoms with Crippen LogP contribution in [-0.2, 0) is 4.79 Å². The van der Waals surface area contributed by atoms with E-state index >= 15 is 0 Å². The van der Waals surface area contributed by atoms with Crippen molar-refractivity contribution in [1.82, 2.24) is 20.1 Å². The maximum atomic E-state index is 12.4. The summed E-state index contributed by atoms with van der Waals surface area (Å²) in [6.45, 7) is 1.92. The highest BCUT2D eigenvalue weighted by molar-refractivity contribution is 7.99. The molecule has 2 heterocycles. The Hall–Kier alpha value is -1.54. The Labute approximate surface area is 181 Å². The second-order valence-electron chi connectivity index (χ2n) is 6.64. The molecule has 1 aromatic carbocycles. The minimum absolute atomic E-state index is 0.0633. The van der Waals surface area contributed by atoms with Gasteiger partial charge >= 0.3 is 0 Å². The zero-order chi connectivity index (χ0) is 19.7. The zero-order valence-electron chi connectivity index (χ0n) is 15.1. The minimum atomic E-state index is -0.161. The molecule has 28 heavy (non-hydrogen) atoms. The first-order chi connectivity index (χ1) is 13.5. The van der Waals surface area contributed by atoms with Crippen molar-refractivity contribution in [3.8, 4) is 10.7 Å². The molecule has 1 saturated carbocycles. The van der Waals surface area contributed by atoms with E-state index in [0.29, 0.717) is 16.1 Å². The number of rotatable bonds is 7. The van der Waals surface area contributed by atoms with E-state index in [4.69, 9.17) is 23.2 Å². The van der Waals surface area contributed by atoms with E-state index in [1.165, 1.54) is 11.8 Å². The third-order valence-corrected chi connectivity index (χ3v) is 7.02. The van der Waals surface area contributed by atoms with E-state index < -0.39 is 0 Å². The molecule has 0 saturated heterocycles. The van der Waals surface area contributed by atoms with Gasteiger partial charge in [-0.2, -0.15) is 0 Å². The topological polar surface area (TPSA) is 59.8 Å². The molecule has 2 aromatic heterocycles. The molecule has 1 fully saturated rings. The maximum absolute atomic E-state index is 12.4. The van der Waals surface area contributed by atoms with Gasteiger partial charge in [0.1, 0.15) is 0 Å². The van der Waals surface area contributed by atoms with Crippen molar-refractivity contribution >= 4 is 52.2 Å². The number of carbonyl (C=O) groups excluding carboxylic acids is 1. The van der Waals surface area contributed by atoms with E-state index in [2.05, 4.69) is 20.1 Å². The molecule has 1 aliphatic rings. The van der Waals surface area contributed by atoms with Crippen molar-refractivity contribution in [2.24, 2.45) is 0 Å². The van der Waals surface area contributed by atoms with Crippen LogP contribution in [0.25, 0.3) is 10.7 Å². The van der Waals surface area contributed by atoms with Gasteiger partial charge in [-0.15, -0.1) is 21.5 Å². The van der Waals surface area contributed by atoms with Gasteiger partial charge in [-0.3, -0.25) is 9.36 Å². The van der Waals surface area contributed by atoms with Gasteiger partial charge in [-0.25, -0.2) is 0 Å². The number of aromatic nitrogens is 3. The van der Waals surface area contributed by atoms with Crippen molar-refractivity contribution in [2.45, 2.75) is 37.0 Å². The fourth-order valence-corrected chi connectivity index (χ4v) is 4.72. The van der Waals surface area contributed by atoms with Crippen molar-refractivity contribution in [2.75, 3.05) is 5.75 Å². The van der Waals surface area contributed by atoms with E-state index in [1.54, 1.807) is 23.5 Å². The standard InChI is InChI=1S/C19H18Cl2N4OS2/c1-11(12-4-7-14(20)15(21)9-12)22-17(26)10-28-19-24-23-18(16-3-2-8-27-16)25(19)13-5-6-13/h2-4,7-9,11,13H,5-6,10H2,1H3,(H,22,26). The van der Waals surface area contributed by atoms with Gasteiger partial charge in [0.2, 0.25) is 5.91 Å². The molecule has 1 aliphatic carbocycles. The minimum Gasteiger partial charge on any atom is -0.349 e. The lowest BCUT2D eigenvalue weighted by Crippen LogP contribution is -2.28. The average molecular weight is 453 g/mol. The average Bonchev–Trinajstić information content (AvgIpc) is 3.19. The van der Waals surface area contributed by atoms with Gasteiger partial charge in [0, 0.05) is 6.04 Å². The molecule has 0 bridgehead atoms. The number of thiophene rings is 1. The van der Waals surface area contributed by atoms with E-state index in [0.717, 1.165) is 34.3 Å². The maximum Gasteiger partial charge on any atom is 0.230 e. The lowest BCUT2D eigenvalue weighted by Gasteiger charge is -2.15. The van der Waals surface area contributed by atoms with Crippen molar-refractivity contribution in [3.63, 3.8) is 0 Å². The van der Waals surface area contributed by atoms with Gasteiger partial charge in [-0.1, -0.05) is 47.1 Å². The molecular formula is C19H18Cl2N4OS2. The number of nitrogens with zero attached hydrogens (tertiary/aromatic N) is 3. The molecule has 0 aliphatic heterocycles. The third kappa shape index (κ3) is 4.38. The summed E-state index contributed by atoms with van der Waals surface area (Å²) in [6, 6.07) is 9.71. The highest BCUT2D eigenvalue weighted by atomic mass is 35.5. The molecule has 1 N–H and O–H groups in total. The highest BCUT2D eigenvalue weighted by Crippen LogP contribution is 2.41. The van der Waals surface area contributed by atoms with E-state index in [-0.39, 0.29) is 17.7 Å². The molecule has 0 spiro atoms. The van der Waals surface area contributed by atoms with Crippen molar-refractivity contribution in [3.05, 3.63) is 51.3 Å². The summed E-state index contributed by atoms with van der Waals surface area (Å²) < 4.78 is 2.17. The summed E-state index contributed by atoms with van der Waals surface area (Å²) in [5.41, 5.74) is 0.911. The SMILES string of the molecule is CC(NC(=O)CSc1nnc(-c2cccs2)n1C1CC1)c1ccc(Cl)c(Cl)c1. The number of hydrogen-bond donors (Lipinski definition) is 1. The van der Waals surface area contributed by atoms with Crippen molar-refractivity contribution in [1.29, 1.82) is 0 Å². The second kappa shape index (κ2) is 8.45. The number of nitrogens with one attached hydrogen (secondary N) is 1. The van der Waals surface area contributed by atoms with E-state index in [1.807, 2.05) is 30.5 Å². The number of hydrogen-bond acceptors (Lipinski definition) is 5. The lowest BCUT2D eigenvalue weighted by atomic mass is 10.1. The molecule has 9 heteroatoms. The molecular weight excluding hydrogens is 435 g/mol. The van der Waals surface area contributed by atoms with Gasteiger partial charge in [0.15, 0.2) is 11.0 Å². The number of thioether (sulfide) groups is 1. The molecule has 3 aromatic rings. The summed E-state index contributed by atoms with van der Waals surface area (Å²) in [5, 5.41) is 15.5. The van der Waals surface area contributed by atoms with Crippen LogP contribution in [0.2, 0.25) is 10.0 Å². The summed E-state index contributed by atoms with van der Waals surface area (Å²) in [5.74, 6) is 1.11. The predicted molar refractivity (Wildman–Crippen MR) is 115 cm³/mol. The summed E-state index contributed by atoms with van der Waals surface area (Å²) in [6.07, 6.45) is 2.26. The zero-order valence-corrected chi connectivity index (χ0v) is 18.2. The van der Waals surface area contributed by atoms with Crippen LogP contribution in [0.1, 0.15) is 37.4 Å². The van der Waals surface area contributed by atoms with Crippen LogP contribution in [0.3, 0.4) is 0 Å². The van der Waals surface area contributed by atoms with Crippen LogP contribution in [-0.4, -0.2) is 26.4 Å². The van der Waals surface area contributed by atoms with Crippen LogP contribution in [0, 0.1) is 0 Å². The second-order valence-corrected chi connectivity index (χ2v) is 9.34. The number of benzene rings is 1. The van der Waals surface area contributed by atoms with Crippen LogP contribution in [0.4, 0.5) is 0 Å². The van der Waals surface area contributed by atoms with Gasteiger partial charge in [0.05, 0.1) is 26.7 Å². The fourth-order valence-electron chi connectivity index (χ4n) is 2.89. The van der Waals surface area contributed by atoms with Gasteiger partial charge < -0.3 is 5.32 Å². The molecule has 5 nitrogen and oxygen atoms in total. The summed E-state index contributed by atoms with van der Waals surface area (Å²) in [7, 11) is 0. The number of halogens is 2. The Morgan fingerprint density at radius 1 is 1.32 bits per heavy atom. The smallest absolute Gasteiger partial charge is 0.230 e. The monoisotopic (exact) mass is 452 g/mol. The Morgan fingerprint density at radius 3 is 2.82 bits per heavy atom. The first-order valence-electron chi connectivity index (χ1n) is 8.89. The van der Waals surface area contributed by atoms with Crippen molar-refractivity contribution < 1.29 is 4.79 Å². The lowest BCUT2D eigenvalue weighted by molar-refractivity contribution is -0.119. The van der Waals surface area contributed by atoms with Gasteiger partial charge in [-0.05, 0) is 48.9 Å². The van der Waals surface area contributed by atoms with Crippen LogP contribution in [0.5, 0.6) is 0 Å². The molecule has 146 valence electrons. The Kier molecular flexibility index (Phi) is 5.96. The first-order valence-corrected chi connectivity index (χ1v) is 11.5. The quantitative estimate of drug-likeness (QED) is 0.472. The first kappa shape index (κ1) is 19.8. The molecule has 4 rings (SSSR count). The van der Waals surface area contributed by atoms with Crippen LogP contribution >= 0.6 is 46.3 Å². The van der Waals surface area contributed by atoms with E-state index in [9.17, 15) is 4.79 Å². The predicted octanol–water partition coefficient (Wildman–Crippen LogP) is 5.62. The highest BCUT2D eigenvalue weighted by Gasteiger charge is 2.30. The summed E-state index contributed by atoms with van der Waals surface area (Å²) in [4.78, 5) is 13.5. The third-order valence-electron chi connectivity index (χ3n) is 4.47. The molecule has 1 atom stereocenters. The molecule has 0 radical (unpaired) electrons. The molecule has 1 unspecified atom stereocenters. The normalized spacial score (nSPS) is 14.8. The Morgan fingerprint density at radius 2 is 2.14 bits per heavy atom. The van der Waals surface area contributed by atoms with Gasteiger partial charge in [0.25, 0.3) is 0 Å². The summed E-state index contributed by atoms with van der Waals surface area (Å²) >= 11 is 15.1. The fraction of sp³-hybridized carbons (Fsp3) is 0.316. The largest absolute Gasteiger partial charge is 0.349 e. The molecule has 1 amide bonds. The van der Waals surface area contributed by atoms with Crippen LogP contribution in [0.15, 0.2) is 40.9 Å². The number of carbonyl (C=O) groups is 1. The number of amides is 1.